The van der Waals surface area contributed by atoms with Gasteiger partial charge in [-0.15, -0.1) is 0 Å². The van der Waals surface area contributed by atoms with Gasteiger partial charge in [-0.25, -0.2) is 8.42 Å². The topological polar surface area (TPSA) is 86.8 Å². The van der Waals surface area contributed by atoms with Crippen LogP contribution >= 0.6 is 34.8 Å². The number of rotatable bonds is 12. The molecule has 0 aliphatic heterocycles. The Morgan fingerprint density at radius 1 is 0.766 bits per heavy atom. The van der Waals surface area contributed by atoms with Crippen molar-refractivity contribution in [3.63, 3.8) is 0 Å². The van der Waals surface area contributed by atoms with E-state index in [-0.39, 0.29) is 35.5 Å². The Balaban J connectivity index is 1.56. The number of sulfonamides is 1. The average Bonchev–Trinajstić information content (AvgIpc) is 3.08. The standard InChI is InChI=1S/C36H36Cl3N3O4S/c37-28-17-19-30(20-18-28)42(47(45,46)31-14-8-3-9-15-31)25-35(43)41(24-27-16-21-32(38)33(39)22-27)34(23-26-10-4-1-5-11-26)36(44)40-29-12-6-2-7-13-29/h1,3-5,8-11,14-22,29,34H,2,6-7,12-13,23-25H2,(H,40,44)/t34-/m1/s1. The lowest BCUT2D eigenvalue weighted by Gasteiger charge is -2.35. The first kappa shape index (κ1) is 34.8. The van der Waals surface area contributed by atoms with Gasteiger partial charge in [-0.1, -0.05) is 109 Å². The number of halogens is 3. The first-order valence-corrected chi connectivity index (χ1v) is 18.1. The molecule has 1 fully saturated rings. The summed E-state index contributed by atoms with van der Waals surface area (Å²) in [4.78, 5) is 30.3. The molecule has 4 aromatic rings. The van der Waals surface area contributed by atoms with Gasteiger partial charge in [0.1, 0.15) is 12.6 Å². The van der Waals surface area contributed by atoms with Gasteiger partial charge >= 0.3 is 0 Å². The second-order valence-electron chi connectivity index (χ2n) is 11.6. The maximum absolute atomic E-state index is 14.6. The number of carbonyl (C=O) groups excluding carboxylic acids is 2. The molecule has 11 heteroatoms. The lowest BCUT2D eigenvalue weighted by atomic mass is 9.94. The highest BCUT2D eigenvalue weighted by Crippen LogP contribution is 2.28. The van der Waals surface area contributed by atoms with Gasteiger partial charge in [0, 0.05) is 24.0 Å². The molecule has 2 amide bonds. The van der Waals surface area contributed by atoms with Crippen LogP contribution in [0.5, 0.6) is 0 Å². The number of benzene rings is 4. The molecule has 0 unspecified atom stereocenters. The summed E-state index contributed by atoms with van der Waals surface area (Å²) in [6.45, 7) is -0.576. The molecular weight excluding hydrogens is 677 g/mol. The van der Waals surface area contributed by atoms with E-state index in [2.05, 4.69) is 5.32 Å². The molecule has 47 heavy (non-hydrogen) atoms. The van der Waals surface area contributed by atoms with E-state index in [0.717, 1.165) is 42.0 Å². The minimum Gasteiger partial charge on any atom is -0.352 e. The Bertz CT molecular complexity index is 1770. The number of carbonyl (C=O) groups is 2. The summed E-state index contributed by atoms with van der Waals surface area (Å²) in [7, 11) is -4.20. The van der Waals surface area contributed by atoms with Crippen LogP contribution in [-0.4, -0.2) is 43.8 Å². The summed E-state index contributed by atoms with van der Waals surface area (Å²) in [5, 5.41) is 4.28. The molecular formula is C36H36Cl3N3O4S. The van der Waals surface area contributed by atoms with Crippen LogP contribution in [0.3, 0.4) is 0 Å². The third kappa shape index (κ3) is 9.08. The smallest absolute Gasteiger partial charge is 0.264 e. The minimum absolute atomic E-state index is 0.000441. The van der Waals surface area contributed by atoms with Gasteiger partial charge in [-0.05, 0) is 72.5 Å². The van der Waals surface area contributed by atoms with Crippen LogP contribution in [0.2, 0.25) is 15.1 Å². The summed E-state index contributed by atoms with van der Waals surface area (Å²) in [6.07, 6.45) is 5.12. The fraction of sp³-hybridized carbons (Fsp3) is 0.278. The maximum atomic E-state index is 14.6. The zero-order chi connectivity index (χ0) is 33.4. The zero-order valence-corrected chi connectivity index (χ0v) is 28.8. The lowest BCUT2D eigenvalue weighted by molar-refractivity contribution is -0.140. The number of hydrogen-bond acceptors (Lipinski definition) is 4. The quantitative estimate of drug-likeness (QED) is 0.162. The summed E-state index contributed by atoms with van der Waals surface area (Å²) in [5.74, 6) is -0.858. The van der Waals surface area contributed by atoms with Crippen LogP contribution in [0.15, 0.2) is 108 Å². The van der Waals surface area contributed by atoms with Crippen molar-refractivity contribution in [2.75, 3.05) is 10.8 Å². The molecule has 1 aliphatic carbocycles. The van der Waals surface area contributed by atoms with Crippen molar-refractivity contribution in [3.8, 4) is 0 Å². The molecule has 0 saturated heterocycles. The van der Waals surface area contributed by atoms with Gasteiger partial charge in [-0.3, -0.25) is 13.9 Å². The van der Waals surface area contributed by atoms with Gasteiger partial charge in [0.15, 0.2) is 0 Å². The van der Waals surface area contributed by atoms with Gasteiger partial charge < -0.3 is 10.2 Å². The molecule has 1 atom stereocenters. The van der Waals surface area contributed by atoms with Crippen molar-refractivity contribution >= 4 is 62.3 Å². The first-order chi connectivity index (χ1) is 22.6. The number of nitrogens with one attached hydrogen (secondary N) is 1. The van der Waals surface area contributed by atoms with Crippen LogP contribution in [0.4, 0.5) is 5.69 Å². The molecule has 1 aliphatic rings. The van der Waals surface area contributed by atoms with E-state index < -0.39 is 28.5 Å². The van der Waals surface area contributed by atoms with Crippen LogP contribution in [0.25, 0.3) is 0 Å². The van der Waals surface area contributed by atoms with Crippen LogP contribution in [0.1, 0.15) is 43.2 Å². The summed E-state index contributed by atoms with van der Waals surface area (Å²) < 4.78 is 29.2. The average molecular weight is 713 g/mol. The van der Waals surface area contributed by atoms with E-state index in [0.29, 0.717) is 20.6 Å². The van der Waals surface area contributed by atoms with E-state index >= 15 is 0 Å². The number of nitrogens with zero attached hydrogens (tertiary/aromatic N) is 2. The SMILES string of the molecule is O=C(NC1CCCCC1)[C@@H](Cc1ccccc1)N(Cc1ccc(Cl)c(Cl)c1)C(=O)CN(c1ccc(Cl)cc1)S(=O)(=O)c1ccccc1. The molecule has 4 aromatic carbocycles. The molecule has 1 saturated carbocycles. The van der Waals surface area contributed by atoms with Gasteiger partial charge in [-0.2, -0.15) is 0 Å². The molecule has 0 heterocycles. The Hall–Kier alpha value is -3.56. The van der Waals surface area contributed by atoms with E-state index in [4.69, 9.17) is 34.8 Å². The molecule has 5 rings (SSSR count). The van der Waals surface area contributed by atoms with Crippen molar-refractivity contribution in [2.24, 2.45) is 0 Å². The number of anilines is 1. The molecule has 0 spiro atoms. The summed E-state index contributed by atoms with van der Waals surface area (Å²) in [6, 6.07) is 27.7. The zero-order valence-electron chi connectivity index (χ0n) is 25.7. The van der Waals surface area contributed by atoms with E-state index in [1.807, 2.05) is 30.3 Å². The number of hydrogen-bond donors (Lipinski definition) is 1. The van der Waals surface area contributed by atoms with Gasteiger partial charge in [0.2, 0.25) is 11.8 Å². The molecule has 0 aromatic heterocycles. The normalized spacial score (nSPS) is 14.3. The highest BCUT2D eigenvalue weighted by Gasteiger charge is 2.35. The van der Waals surface area contributed by atoms with Crippen molar-refractivity contribution in [3.05, 3.63) is 129 Å². The van der Waals surface area contributed by atoms with Crippen LogP contribution < -0.4 is 9.62 Å². The molecule has 0 bridgehead atoms. The highest BCUT2D eigenvalue weighted by molar-refractivity contribution is 7.92. The summed E-state index contributed by atoms with van der Waals surface area (Å²) in [5.41, 5.74) is 1.75. The second kappa shape index (κ2) is 16.0. The molecule has 246 valence electrons. The lowest BCUT2D eigenvalue weighted by Crippen LogP contribution is -2.55. The Morgan fingerprint density at radius 2 is 1.40 bits per heavy atom. The van der Waals surface area contributed by atoms with Crippen molar-refractivity contribution < 1.29 is 18.0 Å². The van der Waals surface area contributed by atoms with Crippen LogP contribution in [0, 0.1) is 0 Å². The van der Waals surface area contributed by atoms with E-state index in [9.17, 15) is 18.0 Å². The molecule has 7 nitrogen and oxygen atoms in total. The van der Waals surface area contributed by atoms with E-state index in [1.54, 1.807) is 60.7 Å². The third-order valence-electron chi connectivity index (χ3n) is 8.28. The van der Waals surface area contributed by atoms with Gasteiger partial charge in [0.25, 0.3) is 10.0 Å². The predicted octanol–water partition coefficient (Wildman–Crippen LogP) is 7.93. The minimum atomic E-state index is -4.20. The van der Waals surface area contributed by atoms with E-state index in [1.165, 1.54) is 17.0 Å². The first-order valence-electron chi connectivity index (χ1n) is 15.5. The monoisotopic (exact) mass is 711 g/mol. The fourth-order valence-corrected chi connectivity index (χ4v) is 7.67. The van der Waals surface area contributed by atoms with Crippen molar-refractivity contribution in [1.82, 2.24) is 10.2 Å². The Morgan fingerprint density at radius 3 is 2.04 bits per heavy atom. The summed E-state index contributed by atoms with van der Waals surface area (Å²) >= 11 is 18.7. The Labute approximate surface area is 291 Å². The third-order valence-corrected chi connectivity index (χ3v) is 11.1. The van der Waals surface area contributed by atoms with Crippen molar-refractivity contribution in [1.29, 1.82) is 0 Å². The highest BCUT2D eigenvalue weighted by atomic mass is 35.5. The fourth-order valence-electron chi connectivity index (χ4n) is 5.79. The van der Waals surface area contributed by atoms with Gasteiger partial charge in [0.05, 0.1) is 20.6 Å². The molecule has 1 N–H and O–H groups in total. The predicted molar refractivity (Wildman–Crippen MR) is 188 cm³/mol. The Kier molecular flexibility index (Phi) is 11.9. The number of amides is 2. The largest absolute Gasteiger partial charge is 0.352 e. The maximum Gasteiger partial charge on any atom is 0.264 e. The van der Waals surface area contributed by atoms with Crippen LogP contribution in [-0.2, 0) is 32.6 Å². The second-order valence-corrected chi connectivity index (χ2v) is 14.7. The molecule has 0 radical (unpaired) electrons. The van der Waals surface area contributed by atoms with Crippen molar-refractivity contribution in [2.45, 2.75) is 62.0 Å².